The predicted octanol–water partition coefficient (Wildman–Crippen LogP) is 3.67. The summed E-state index contributed by atoms with van der Waals surface area (Å²) in [4.78, 5) is 0.219. The molecule has 2 aromatic carbocycles. The molecule has 0 amide bonds. The van der Waals surface area contributed by atoms with Gasteiger partial charge in [-0.05, 0) is 36.6 Å². The molecule has 5 nitrogen and oxygen atoms in total. The molecular weight excluding hydrogens is 326 g/mol. The summed E-state index contributed by atoms with van der Waals surface area (Å²) in [5.74, 6) is 1.60. The Morgan fingerprint density at radius 2 is 1.92 bits per heavy atom. The fourth-order valence-electron chi connectivity index (χ4n) is 2.51. The molecule has 2 aromatic rings. The van der Waals surface area contributed by atoms with Gasteiger partial charge in [0.25, 0.3) is 10.0 Å². The van der Waals surface area contributed by atoms with E-state index < -0.39 is 10.0 Å². The molecule has 1 aliphatic rings. The Balaban J connectivity index is 1.78. The summed E-state index contributed by atoms with van der Waals surface area (Å²) in [7, 11) is -3.61. The fraction of sp³-hybridized carbons (Fsp3) is 0.333. The van der Waals surface area contributed by atoms with Crippen LogP contribution >= 0.6 is 0 Å². The van der Waals surface area contributed by atoms with Gasteiger partial charge in [0, 0.05) is 6.07 Å². The number of sulfonamides is 1. The molecule has 0 spiro atoms. The number of benzene rings is 2. The summed E-state index contributed by atoms with van der Waals surface area (Å²) in [6.07, 6.45) is 1.03. The van der Waals surface area contributed by atoms with E-state index in [1.54, 1.807) is 48.5 Å². The fourth-order valence-corrected chi connectivity index (χ4v) is 3.58. The first-order chi connectivity index (χ1) is 11.5. The number of hydrogen-bond acceptors (Lipinski definition) is 4. The second kappa shape index (κ2) is 6.73. The van der Waals surface area contributed by atoms with Crippen LogP contribution in [0, 0.1) is 5.92 Å². The Bertz CT molecular complexity index is 805. The van der Waals surface area contributed by atoms with Crippen LogP contribution in [0.15, 0.2) is 53.4 Å². The Hall–Kier alpha value is -2.21. The number of hydrogen-bond donors (Lipinski definition) is 1. The number of rotatable bonds is 5. The maximum Gasteiger partial charge on any atom is 0.261 e. The number of nitrogens with one attached hydrogen (secondary N) is 1. The van der Waals surface area contributed by atoms with Crippen LogP contribution in [0.5, 0.6) is 11.5 Å². The molecule has 2 unspecified atom stereocenters. The van der Waals surface area contributed by atoms with Gasteiger partial charge in [0.05, 0.1) is 10.6 Å². The highest BCUT2D eigenvalue weighted by molar-refractivity contribution is 7.92. The molecule has 3 rings (SSSR count). The molecule has 24 heavy (non-hydrogen) atoms. The van der Waals surface area contributed by atoms with Gasteiger partial charge in [-0.3, -0.25) is 4.72 Å². The van der Waals surface area contributed by atoms with Crippen LogP contribution in [-0.4, -0.2) is 21.1 Å². The molecule has 128 valence electrons. The van der Waals surface area contributed by atoms with E-state index in [4.69, 9.17) is 9.47 Å². The van der Waals surface area contributed by atoms with E-state index in [0.29, 0.717) is 29.7 Å². The van der Waals surface area contributed by atoms with Crippen LogP contribution in [-0.2, 0) is 10.0 Å². The van der Waals surface area contributed by atoms with Crippen molar-refractivity contribution in [3.8, 4) is 11.5 Å². The Morgan fingerprint density at radius 1 is 1.17 bits per heavy atom. The largest absolute Gasteiger partial charge is 0.486 e. The van der Waals surface area contributed by atoms with Gasteiger partial charge in [-0.2, -0.15) is 0 Å². The molecular formula is C18H21NO4S. The summed E-state index contributed by atoms with van der Waals surface area (Å²) >= 11 is 0. The standard InChI is InChI=1S/C18H21NO4S/c1-3-13(2)18-12-22-17-11-14(9-10-16(17)23-18)19-24(20,21)15-7-5-4-6-8-15/h4-11,13,18-19H,3,12H2,1-2H3. The average molecular weight is 347 g/mol. The van der Waals surface area contributed by atoms with Crippen LogP contribution in [0.25, 0.3) is 0 Å². The van der Waals surface area contributed by atoms with Crippen molar-refractivity contribution in [3.05, 3.63) is 48.5 Å². The summed E-state index contributed by atoms with van der Waals surface area (Å²) in [6.45, 7) is 4.71. The third kappa shape index (κ3) is 3.48. The average Bonchev–Trinajstić information content (AvgIpc) is 2.61. The number of anilines is 1. The van der Waals surface area contributed by atoms with Gasteiger partial charge in [-0.15, -0.1) is 0 Å². The second-order valence-electron chi connectivity index (χ2n) is 5.93. The molecule has 0 radical (unpaired) electrons. The highest BCUT2D eigenvalue weighted by atomic mass is 32.2. The van der Waals surface area contributed by atoms with E-state index in [1.165, 1.54) is 0 Å². The van der Waals surface area contributed by atoms with E-state index in [2.05, 4.69) is 18.6 Å². The van der Waals surface area contributed by atoms with Crippen LogP contribution in [0.2, 0.25) is 0 Å². The van der Waals surface area contributed by atoms with Crippen molar-refractivity contribution in [1.29, 1.82) is 0 Å². The molecule has 0 aromatic heterocycles. The second-order valence-corrected chi connectivity index (χ2v) is 7.62. The van der Waals surface area contributed by atoms with E-state index in [-0.39, 0.29) is 11.0 Å². The quantitative estimate of drug-likeness (QED) is 0.896. The monoisotopic (exact) mass is 347 g/mol. The van der Waals surface area contributed by atoms with Crippen molar-refractivity contribution in [3.63, 3.8) is 0 Å². The molecule has 0 saturated carbocycles. The number of ether oxygens (including phenoxy) is 2. The lowest BCUT2D eigenvalue weighted by molar-refractivity contribution is 0.0523. The van der Waals surface area contributed by atoms with Crippen LogP contribution in [0.1, 0.15) is 20.3 Å². The third-order valence-electron chi connectivity index (χ3n) is 4.21. The first-order valence-corrected chi connectivity index (χ1v) is 9.49. The van der Waals surface area contributed by atoms with Crippen molar-refractivity contribution < 1.29 is 17.9 Å². The summed E-state index contributed by atoms with van der Waals surface area (Å²) in [5, 5.41) is 0. The molecule has 1 heterocycles. The Kier molecular flexibility index (Phi) is 4.66. The predicted molar refractivity (Wildman–Crippen MR) is 93.1 cm³/mol. The van der Waals surface area contributed by atoms with Gasteiger partial charge in [-0.1, -0.05) is 32.0 Å². The first-order valence-electron chi connectivity index (χ1n) is 8.01. The normalized spacial score (nSPS) is 18.0. The minimum atomic E-state index is -3.61. The highest BCUT2D eigenvalue weighted by Crippen LogP contribution is 2.36. The van der Waals surface area contributed by atoms with E-state index in [1.807, 2.05) is 0 Å². The SMILES string of the molecule is CCC(C)C1COc2cc(NS(=O)(=O)c3ccccc3)ccc2O1. The number of fused-ring (bicyclic) bond motifs is 1. The Labute approximate surface area is 142 Å². The van der Waals surface area contributed by atoms with Gasteiger partial charge < -0.3 is 9.47 Å². The molecule has 0 fully saturated rings. The molecule has 1 aliphatic heterocycles. The van der Waals surface area contributed by atoms with Crippen molar-refractivity contribution in [2.24, 2.45) is 5.92 Å². The lowest BCUT2D eigenvalue weighted by atomic mass is 10.0. The maximum absolute atomic E-state index is 12.4. The van der Waals surface area contributed by atoms with Gasteiger partial charge >= 0.3 is 0 Å². The summed E-state index contributed by atoms with van der Waals surface area (Å²) in [5.41, 5.74) is 0.447. The lowest BCUT2D eigenvalue weighted by Gasteiger charge is -2.30. The van der Waals surface area contributed by atoms with Gasteiger partial charge in [-0.25, -0.2) is 8.42 Å². The zero-order chi connectivity index (χ0) is 17.2. The molecule has 2 atom stereocenters. The van der Waals surface area contributed by atoms with Crippen molar-refractivity contribution in [2.45, 2.75) is 31.3 Å². The zero-order valence-corrected chi connectivity index (χ0v) is 14.5. The van der Waals surface area contributed by atoms with Crippen molar-refractivity contribution >= 4 is 15.7 Å². The van der Waals surface area contributed by atoms with Gasteiger partial charge in [0.1, 0.15) is 12.7 Å². The maximum atomic E-state index is 12.4. The highest BCUT2D eigenvalue weighted by Gasteiger charge is 2.25. The molecule has 0 bridgehead atoms. The summed E-state index contributed by atoms with van der Waals surface area (Å²) < 4.78 is 39.0. The van der Waals surface area contributed by atoms with E-state index >= 15 is 0 Å². The molecule has 1 N–H and O–H groups in total. The molecule has 6 heteroatoms. The van der Waals surface area contributed by atoms with Gasteiger partial charge in [0.2, 0.25) is 0 Å². The minimum absolute atomic E-state index is 0.0226. The van der Waals surface area contributed by atoms with E-state index in [0.717, 1.165) is 6.42 Å². The van der Waals surface area contributed by atoms with Gasteiger partial charge in [0.15, 0.2) is 11.5 Å². The zero-order valence-electron chi connectivity index (χ0n) is 13.7. The first kappa shape index (κ1) is 16.6. The van der Waals surface area contributed by atoms with Crippen molar-refractivity contribution in [2.75, 3.05) is 11.3 Å². The van der Waals surface area contributed by atoms with Crippen LogP contribution < -0.4 is 14.2 Å². The third-order valence-corrected chi connectivity index (χ3v) is 5.61. The van der Waals surface area contributed by atoms with Crippen molar-refractivity contribution in [1.82, 2.24) is 0 Å². The lowest BCUT2D eigenvalue weighted by Crippen LogP contribution is -2.34. The topological polar surface area (TPSA) is 64.6 Å². The van der Waals surface area contributed by atoms with E-state index in [9.17, 15) is 8.42 Å². The van der Waals surface area contributed by atoms with Crippen LogP contribution in [0.3, 0.4) is 0 Å². The summed E-state index contributed by atoms with van der Waals surface area (Å²) in [6, 6.07) is 13.3. The minimum Gasteiger partial charge on any atom is -0.486 e. The Morgan fingerprint density at radius 3 is 2.62 bits per heavy atom. The molecule has 0 aliphatic carbocycles. The van der Waals surface area contributed by atoms with Crippen LogP contribution in [0.4, 0.5) is 5.69 Å². The smallest absolute Gasteiger partial charge is 0.261 e. The molecule has 0 saturated heterocycles.